The number of nitrogens with two attached hydrogens (primary N) is 1. The average molecular weight is 315 g/mol. The van der Waals surface area contributed by atoms with Gasteiger partial charge in [-0.05, 0) is 37.6 Å². The fourth-order valence-corrected chi connectivity index (χ4v) is 2.33. The molecule has 0 aliphatic rings. The number of benzene rings is 1. The molecule has 1 aromatic carbocycles. The Morgan fingerprint density at radius 1 is 1.30 bits per heavy atom. The standard InChI is InChI=1S/C16H21N5O2/c1-4-9-21(3)12-7-5-11(6-8-12)16(23)18-15-13(14(17)22)10(2)19-20-15/h5-8H,4,9H2,1-3H3,(H2,17,22)(H2,18,19,20,23). The average Bonchev–Trinajstić information content (AvgIpc) is 2.88. The van der Waals surface area contributed by atoms with Gasteiger partial charge in [0.2, 0.25) is 0 Å². The molecule has 0 radical (unpaired) electrons. The molecule has 2 rings (SSSR count). The van der Waals surface area contributed by atoms with Gasteiger partial charge in [-0.25, -0.2) is 0 Å². The van der Waals surface area contributed by atoms with Crippen molar-refractivity contribution in [2.75, 3.05) is 23.8 Å². The molecule has 122 valence electrons. The number of primary amides is 1. The summed E-state index contributed by atoms with van der Waals surface area (Å²) in [4.78, 5) is 25.8. The zero-order chi connectivity index (χ0) is 17.0. The Balaban J connectivity index is 2.14. The Hall–Kier alpha value is -2.83. The minimum Gasteiger partial charge on any atom is -0.375 e. The predicted molar refractivity (Wildman–Crippen MR) is 89.8 cm³/mol. The Labute approximate surface area is 134 Å². The lowest BCUT2D eigenvalue weighted by molar-refractivity contribution is 0.100. The van der Waals surface area contributed by atoms with Gasteiger partial charge < -0.3 is 16.0 Å². The fraction of sp³-hybridized carbons (Fsp3) is 0.312. The van der Waals surface area contributed by atoms with Crippen LogP contribution < -0.4 is 16.0 Å². The molecule has 1 aromatic heterocycles. The molecule has 23 heavy (non-hydrogen) atoms. The first-order chi connectivity index (χ1) is 10.9. The molecule has 7 nitrogen and oxygen atoms in total. The number of carbonyl (C=O) groups excluding carboxylic acids is 2. The summed E-state index contributed by atoms with van der Waals surface area (Å²) in [5.41, 5.74) is 7.53. The van der Waals surface area contributed by atoms with E-state index in [1.165, 1.54) is 0 Å². The first-order valence-corrected chi connectivity index (χ1v) is 7.41. The number of nitrogens with zero attached hydrogens (tertiary/aromatic N) is 2. The monoisotopic (exact) mass is 315 g/mol. The molecule has 1 heterocycles. The van der Waals surface area contributed by atoms with Crippen LogP contribution in [0.3, 0.4) is 0 Å². The van der Waals surface area contributed by atoms with Crippen molar-refractivity contribution >= 4 is 23.3 Å². The SMILES string of the molecule is CCCN(C)c1ccc(C(=O)Nc2n[nH]c(C)c2C(N)=O)cc1. The van der Waals surface area contributed by atoms with E-state index in [1.807, 2.05) is 19.2 Å². The lowest BCUT2D eigenvalue weighted by Gasteiger charge is -2.18. The van der Waals surface area contributed by atoms with Gasteiger partial charge >= 0.3 is 0 Å². The van der Waals surface area contributed by atoms with Crippen molar-refractivity contribution in [1.29, 1.82) is 0 Å². The smallest absolute Gasteiger partial charge is 0.256 e. The molecule has 0 unspecified atom stereocenters. The van der Waals surface area contributed by atoms with E-state index in [0.717, 1.165) is 18.7 Å². The lowest BCUT2D eigenvalue weighted by atomic mass is 10.1. The Morgan fingerprint density at radius 3 is 2.52 bits per heavy atom. The van der Waals surface area contributed by atoms with E-state index in [-0.39, 0.29) is 17.3 Å². The minimum atomic E-state index is -0.636. The van der Waals surface area contributed by atoms with Crippen LogP contribution in [0.4, 0.5) is 11.5 Å². The van der Waals surface area contributed by atoms with Crippen LogP contribution in [0, 0.1) is 6.92 Å². The number of H-pyrrole nitrogens is 1. The molecule has 0 spiro atoms. The highest BCUT2D eigenvalue weighted by Gasteiger charge is 2.18. The maximum absolute atomic E-state index is 12.3. The van der Waals surface area contributed by atoms with Gasteiger partial charge in [-0.15, -0.1) is 0 Å². The van der Waals surface area contributed by atoms with Gasteiger partial charge in [0, 0.05) is 30.5 Å². The van der Waals surface area contributed by atoms with Gasteiger partial charge in [0.1, 0.15) is 5.56 Å². The van der Waals surface area contributed by atoms with E-state index in [4.69, 9.17) is 5.73 Å². The number of anilines is 2. The maximum atomic E-state index is 12.3. The van der Waals surface area contributed by atoms with Crippen LogP contribution in [0.15, 0.2) is 24.3 Å². The van der Waals surface area contributed by atoms with Crippen LogP contribution in [0.5, 0.6) is 0 Å². The molecule has 0 aliphatic carbocycles. The van der Waals surface area contributed by atoms with Gasteiger partial charge in [0.05, 0.1) is 0 Å². The number of hydrogen-bond acceptors (Lipinski definition) is 4. The molecule has 0 saturated heterocycles. The van der Waals surface area contributed by atoms with Crippen LogP contribution in [-0.2, 0) is 0 Å². The third-order valence-electron chi connectivity index (χ3n) is 3.55. The van der Waals surface area contributed by atoms with E-state index in [9.17, 15) is 9.59 Å². The third kappa shape index (κ3) is 3.68. The summed E-state index contributed by atoms with van der Waals surface area (Å²) in [5.74, 6) is -0.834. The first kappa shape index (κ1) is 16.5. The summed E-state index contributed by atoms with van der Waals surface area (Å²) >= 11 is 0. The van der Waals surface area contributed by atoms with Gasteiger partial charge in [0.25, 0.3) is 11.8 Å². The topological polar surface area (TPSA) is 104 Å². The molecule has 7 heteroatoms. The molecule has 0 saturated carbocycles. The number of aryl methyl sites for hydroxylation is 1. The first-order valence-electron chi connectivity index (χ1n) is 7.41. The molecule has 0 bridgehead atoms. The number of carbonyl (C=O) groups is 2. The third-order valence-corrected chi connectivity index (χ3v) is 3.55. The van der Waals surface area contributed by atoms with Gasteiger partial charge in [0.15, 0.2) is 5.82 Å². The van der Waals surface area contributed by atoms with Crippen molar-refractivity contribution in [2.24, 2.45) is 5.73 Å². The highest BCUT2D eigenvalue weighted by Crippen LogP contribution is 2.18. The van der Waals surface area contributed by atoms with E-state index >= 15 is 0 Å². The number of nitrogens with one attached hydrogen (secondary N) is 2. The second-order valence-electron chi connectivity index (χ2n) is 5.36. The lowest BCUT2D eigenvalue weighted by Crippen LogP contribution is -2.19. The van der Waals surface area contributed by atoms with Crippen LogP contribution in [-0.4, -0.2) is 35.6 Å². The largest absolute Gasteiger partial charge is 0.375 e. The zero-order valence-electron chi connectivity index (χ0n) is 13.5. The van der Waals surface area contributed by atoms with E-state index < -0.39 is 5.91 Å². The molecule has 2 aromatic rings. The van der Waals surface area contributed by atoms with Gasteiger partial charge in [-0.2, -0.15) is 5.10 Å². The maximum Gasteiger partial charge on any atom is 0.256 e. The molecule has 4 N–H and O–H groups in total. The normalized spacial score (nSPS) is 10.4. The second-order valence-corrected chi connectivity index (χ2v) is 5.36. The zero-order valence-corrected chi connectivity index (χ0v) is 13.5. The van der Waals surface area contributed by atoms with Crippen LogP contribution >= 0.6 is 0 Å². The van der Waals surface area contributed by atoms with Crippen molar-refractivity contribution in [3.8, 4) is 0 Å². The van der Waals surface area contributed by atoms with Crippen molar-refractivity contribution in [2.45, 2.75) is 20.3 Å². The van der Waals surface area contributed by atoms with Crippen LogP contribution in [0.2, 0.25) is 0 Å². The Kier molecular flexibility index (Phi) is 5.00. The van der Waals surface area contributed by atoms with Crippen molar-refractivity contribution in [1.82, 2.24) is 10.2 Å². The predicted octanol–water partition coefficient (Wildman–Crippen LogP) is 1.92. The van der Waals surface area contributed by atoms with Crippen LogP contribution in [0.25, 0.3) is 0 Å². The highest BCUT2D eigenvalue weighted by molar-refractivity contribution is 6.08. The van der Waals surface area contributed by atoms with Crippen molar-refractivity contribution < 1.29 is 9.59 Å². The molecule has 0 fully saturated rings. The number of aromatic amines is 1. The summed E-state index contributed by atoms with van der Waals surface area (Å²) in [7, 11) is 2.00. The van der Waals surface area contributed by atoms with Gasteiger partial charge in [-0.1, -0.05) is 6.92 Å². The van der Waals surface area contributed by atoms with E-state index in [0.29, 0.717) is 11.3 Å². The molecule has 0 aliphatic heterocycles. The quantitative estimate of drug-likeness (QED) is 0.757. The number of hydrogen-bond donors (Lipinski definition) is 3. The number of rotatable bonds is 6. The molecule has 0 atom stereocenters. The number of aromatic nitrogens is 2. The van der Waals surface area contributed by atoms with Crippen molar-refractivity contribution in [3.63, 3.8) is 0 Å². The summed E-state index contributed by atoms with van der Waals surface area (Å²) in [6.45, 7) is 4.72. The van der Waals surface area contributed by atoms with E-state index in [1.54, 1.807) is 19.1 Å². The van der Waals surface area contributed by atoms with Crippen LogP contribution in [0.1, 0.15) is 39.8 Å². The van der Waals surface area contributed by atoms with Gasteiger partial charge in [-0.3, -0.25) is 14.7 Å². The molecule has 2 amide bonds. The molecular weight excluding hydrogens is 294 g/mol. The Bertz CT molecular complexity index is 706. The number of amides is 2. The Morgan fingerprint density at radius 2 is 1.96 bits per heavy atom. The second kappa shape index (κ2) is 6.95. The van der Waals surface area contributed by atoms with Crippen molar-refractivity contribution in [3.05, 3.63) is 41.1 Å². The van der Waals surface area contributed by atoms with E-state index in [2.05, 4.69) is 27.3 Å². The highest BCUT2D eigenvalue weighted by atomic mass is 16.2. The molecular formula is C16H21N5O2. The minimum absolute atomic E-state index is 0.146. The fourth-order valence-electron chi connectivity index (χ4n) is 2.33. The summed E-state index contributed by atoms with van der Waals surface area (Å²) in [6, 6.07) is 7.24. The summed E-state index contributed by atoms with van der Waals surface area (Å²) in [6.07, 6.45) is 1.05. The summed E-state index contributed by atoms with van der Waals surface area (Å²) in [5, 5.41) is 9.15. The summed E-state index contributed by atoms with van der Waals surface area (Å²) < 4.78 is 0.